The summed E-state index contributed by atoms with van der Waals surface area (Å²) < 4.78 is 22.5. The number of hydrogen-bond donors (Lipinski definition) is 2. The molecule has 5 nitrogen and oxygen atoms in total. The molecule has 0 aromatic rings. The minimum atomic E-state index is -1.91. The summed E-state index contributed by atoms with van der Waals surface area (Å²) in [5.74, 6) is -2.21. The van der Waals surface area contributed by atoms with E-state index in [9.17, 15) is 19.8 Å². The van der Waals surface area contributed by atoms with E-state index in [1.165, 1.54) is 0 Å². The zero-order valence-electron chi connectivity index (χ0n) is 22.3. The summed E-state index contributed by atoms with van der Waals surface area (Å²) in [6.07, 6.45) is 9.95. The number of carbonyl (C=O) groups is 2. The first kappa shape index (κ1) is 27.3. The van der Waals surface area contributed by atoms with Crippen LogP contribution in [0.15, 0.2) is 36.0 Å². The normalized spacial score (nSPS) is 43.3. The van der Waals surface area contributed by atoms with Crippen LogP contribution < -0.4 is 0 Å². The minimum absolute atomic E-state index is 0.0279. The van der Waals surface area contributed by atoms with Crippen molar-refractivity contribution >= 4 is 11.8 Å². The number of ether oxygens (including phenoxy) is 1. The van der Waals surface area contributed by atoms with Gasteiger partial charge in [0.25, 0.3) is 0 Å². The molecule has 200 valence electrons. The standard InChI is InChI=1S/C30H43FO5/c1-6-7-8-9-10-26(34)36-18-25(33)30(35)20(3)16-23-22-12-11-21-15-19(2)13-14-27(21,4)29(22,31)24(32)17-28(23,30)5/h13-15,20,22-24,32,35H,2,6-12,16-18H2,1,3-5H3/t20-,22+,23+,24+,27+,28+,29+,30+/m0/s1. The third-order valence-electron chi connectivity index (χ3n) is 10.3. The number of alkyl halides is 1. The predicted molar refractivity (Wildman–Crippen MR) is 137 cm³/mol. The lowest BCUT2D eigenvalue weighted by Gasteiger charge is -2.62. The number of ketones is 1. The van der Waals surface area contributed by atoms with Gasteiger partial charge >= 0.3 is 5.97 Å². The number of allylic oxidation sites excluding steroid dienone is 5. The fourth-order valence-electron chi connectivity index (χ4n) is 8.24. The van der Waals surface area contributed by atoms with Crippen LogP contribution in [0.3, 0.4) is 0 Å². The minimum Gasteiger partial charge on any atom is -0.458 e. The number of Topliss-reactive ketones (excluding diaryl/α,β-unsaturated/α-hetero) is 1. The number of rotatable bonds is 8. The van der Waals surface area contributed by atoms with Crippen molar-refractivity contribution in [2.75, 3.05) is 6.61 Å². The highest BCUT2D eigenvalue weighted by Gasteiger charge is 2.75. The van der Waals surface area contributed by atoms with Crippen LogP contribution in [0.4, 0.5) is 4.39 Å². The number of aliphatic hydroxyl groups excluding tert-OH is 1. The summed E-state index contributed by atoms with van der Waals surface area (Å²) in [6, 6.07) is 0. The molecule has 8 atom stereocenters. The second-order valence-corrected chi connectivity index (χ2v) is 12.2. The lowest BCUT2D eigenvalue weighted by Crippen LogP contribution is -2.69. The maximum absolute atomic E-state index is 17.3. The second kappa shape index (κ2) is 9.50. The van der Waals surface area contributed by atoms with Crippen molar-refractivity contribution in [2.45, 2.75) is 103 Å². The second-order valence-electron chi connectivity index (χ2n) is 12.2. The zero-order chi connectivity index (χ0) is 26.5. The van der Waals surface area contributed by atoms with Crippen molar-refractivity contribution in [1.29, 1.82) is 0 Å². The molecular weight excluding hydrogens is 459 g/mol. The third-order valence-corrected chi connectivity index (χ3v) is 10.3. The highest BCUT2D eigenvalue weighted by Crippen LogP contribution is 2.70. The number of unbranched alkanes of at least 4 members (excludes halogenated alkanes) is 3. The third kappa shape index (κ3) is 3.77. The lowest BCUT2D eigenvalue weighted by molar-refractivity contribution is -0.219. The quantitative estimate of drug-likeness (QED) is 0.343. The van der Waals surface area contributed by atoms with Crippen molar-refractivity contribution in [1.82, 2.24) is 0 Å². The molecule has 4 aliphatic carbocycles. The summed E-state index contributed by atoms with van der Waals surface area (Å²) in [6.45, 7) is 11.1. The van der Waals surface area contributed by atoms with Gasteiger partial charge in [-0.15, -0.1) is 0 Å². The Morgan fingerprint density at radius 3 is 2.64 bits per heavy atom. The molecule has 0 radical (unpaired) electrons. The summed E-state index contributed by atoms with van der Waals surface area (Å²) in [5, 5.41) is 23.4. The van der Waals surface area contributed by atoms with Gasteiger partial charge in [-0.3, -0.25) is 9.59 Å². The number of aliphatic hydroxyl groups is 2. The van der Waals surface area contributed by atoms with Crippen molar-refractivity contribution in [2.24, 2.45) is 28.6 Å². The SMILES string of the molecule is C=C1C=C[C@]2(C)C(=C1)CC[C@@H]1[C@H]3C[C@H](C)[C@@](O)(C(=O)COC(=O)CCCCCC)[C@]3(C)C[C@@H](O)[C@]12F. The molecule has 4 rings (SSSR count). The van der Waals surface area contributed by atoms with E-state index in [-0.39, 0.29) is 18.8 Å². The number of carbonyl (C=O) groups excluding carboxylic acids is 2. The Morgan fingerprint density at radius 2 is 1.94 bits per heavy atom. The Labute approximate surface area is 214 Å². The van der Waals surface area contributed by atoms with Crippen LogP contribution >= 0.6 is 0 Å². The molecule has 0 amide bonds. The summed E-state index contributed by atoms with van der Waals surface area (Å²) in [4.78, 5) is 25.6. The van der Waals surface area contributed by atoms with Gasteiger partial charge < -0.3 is 14.9 Å². The fraction of sp³-hybridized carbons (Fsp3) is 0.733. The summed E-state index contributed by atoms with van der Waals surface area (Å²) in [7, 11) is 0. The van der Waals surface area contributed by atoms with E-state index in [1.807, 2.05) is 39.0 Å². The van der Waals surface area contributed by atoms with Gasteiger partial charge in [0.2, 0.25) is 5.78 Å². The maximum Gasteiger partial charge on any atom is 0.306 e. The Hall–Kier alpha value is -1.79. The molecule has 0 spiro atoms. The van der Waals surface area contributed by atoms with Crippen LogP contribution in [0.2, 0.25) is 0 Å². The van der Waals surface area contributed by atoms with E-state index in [2.05, 4.69) is 13.5 Å². The average molecular weight is 503 g/mol. The molecule has 0 heterocycles. The van der Waals surface area contributed by atoms with Crippen LogP contribution in [0.1, 0.15) is 85.5 Å². The molecule has 0 saturated heterocycles. The highest BCUT2D eigenvalue weighted by atomic mass is 19.1. The molecule has 0 bridgehead atoms. The van der Waals surface area contributed by atoms with Crippen LogP contribution in [-0.2, 0) is 14.3 Å². The Kier molecular flexibility index (Phi) is 7.19. The topological polar surface area (TPSA) is 83.8 Å². The molecular formula is C30H43FO5. The van der Waals surface area contributed by atoms with Crippen molar-refractivity contribution in [3.05, 3.63) is 36.0 Å². The molecule has 2 N–H and O–H groups in total. The van der Waals surface area contributed by atoms with Crippen LogP contribution in [0.5, 0.6) is 0 Å². The average Bonchev–Trinajstić information content (AvgIpc) is 3.03. The molecule has 0 aliphatic heterocycles. The zero-order valence-corrected chi connectivity index (χ0v) is 22.3. The van der Waals surface area contributed by atoms with Gasteiger partial charge in [-0.05, 0) is 56.4 Å². The largest absolute Gasteiger partial charge is 0.458 e. The van der Waals surface area contributed by atoms with Gasteiger partial charge in [0, 0.05) is 23.2 Å². The van der Waals surface area contributed by atoms with Gasteiger partial charge in [-0.25, -0.2) is 4.39 Å². The van der Waals surface area contributed by atoms with E-state index in [0.29, 0.717) is 25.7 Å². The van der Waals surface area contributed by atoms with E-state index >= 15 is 4.39 Å². The molecule has 0 unspecified atom stereocenters. The first-order chi connectivity index (χ1) is 16.9. The van der Waals surface area contributed by atoms with Gasteiger partial charge in [0.05, 0.1) is 6.10 Å². The van der Waals surface area contributed by atoms with Crippen molar-refractivity contribution in [3.63, 3.8) is 0 Å². The van der Waals surface area contributed by atoms with Crippen molar-refractivity contribution < 1.29 is 28.9 Å². The molecule has 0 aromatic carbocycles. The van der Waals surface area contributed by atoms with E-state index in [1.54, 1.807) is 0 Å². The van der Waals surface area contributed by atoms with Crippen molar-refractivity contribution in [3.8, 4) is 0 Å². The van der Waals surface area contributed by atoms with E-state index in [4.69, 9.17) is 4.74 Å². The maximum atomic E-state index is 17.3. The first-order valence-corrected chi connectivity index (χ1v) is 13.7. The highest BCUT2D eigenvalue weighted by molar-refractivity contribution is 5.91. The molecule has 3 fully saturated rings. The Morgan fingerprint density at radius 1 is 1.22 bits per heavy atom. The number of hydrogen-bond acceptors (Lipinski definition) is 5. The number of fused-ring (bicyclic) bond motifs is 5. The van der Waals surface area contributed by atoms with Crippen LogP contribution in [0, 0.1) is 28.6 Å². The summed E-state index contributed by atoms with van der Waals surface area (Å²) >= 11 is 0. The lowest BCUT2D eigenvalue weighted by atomic mass is 9.44. The molecule has 3 saturated carbocycles. The van der Waals surface area contributed by atoms with Gasteiger partial charge in [0.15, 0.2) is 12.3 Å². The number of halogens is 1. The first-order valence-electron chi connectivity index (χ1n) is 13.7. The monoisotopic (exact) mass is 502 g/mol. The summed E-state index contributed by atoms with van der Waals surface area (Å²) in [5.41, 5.74) is -3.91. The van der Waals surface area contributed by atoms with Gasteiger partial charge in [-0.1, -0.05) is 70.4 Å². The molecule has 4 aliphatic rings. The van der Waals surface area contributed by atoms with Crippen LogP contribution in [0.25, 0.3) is 0 Å². The Bertz CT molecular complexity index is 986. The van der Waals surface area contributed by atoms with E-state index < -0.39 is 58.4 Å². The van der Waals surface area contributed by atoms with Gasteiger partial charge in [0.1, 0.15) is 5.60 Å². The van der Waals surface area contributed by atoms with Crippen LogP contribution in [-0.4, -0.2) is 45.9 Å². The van der Waals surface area contributed by atoms with E-state index in [0.717, 1.165) is 30.4 Å². The predicted octanol–water partition coefficient (Wildman–Crippen LogP) is 5.40. The molecule has 0 aromatic heterocycles. The fourth-order valence-corrected chi connectivity index (χ4v) is 8.24. The molecule has 6 heteroatoms. The Balaban J connectivity index is 1.56. The van der Waals surface area contributed by atoms with Gasteiger partial charge in [-0.2, -0.15) is 0 Å². The number of esters is 1. The smallest absolute Gasteiger partial charge is 0.306 e. The molecule has 36 heavy (non-hydrogen) atoms.